The second-order valence-electron chi connectivity index (χ2n) is 6.12. The van der Waals surface area contributed by atoms with E-state index in [2.05, 4.69) is 20.8 Å². The molecular weight excluding hydrogens is 380 g/mol. The lowest BCUT2D eigenvalue weighted by molar-refractivity contribution is 0.509. The van der Waals surface area contributed by atoms with E-state index in [4.69, 9.17) is 18.0 Å². The predicted molar refractivity (Wildman–Crippen MR) is 112 cm³/mol. The van der Waals surface area contributed by atoms with Gasteiger partial charge in [-0.15, -0.1) is 0 Å². The first-order chi connectivity index (χ1) is 13.5. The molecule has 1 aromatic heterocycles. The molecule has 0 spiro atoms. The van der Waals surface area contributed by atoms with Gasteiger partial charge in [0, 0.05) is 17.4 Å². The zero-order valence-corrected chi connectivity index (χ0v) is 15.3. The molecule has 0 bridgehead atoms. The highest BCUT2D eigenvalue weighted by molar-refractivity contribution is 7.80. The molecule has 0 amide bonds. The van der Waals surface area contributed by atoms with Crippen LogP contribution < -0.4 is 16.4 Å². The molecule has 0 aliphatic heterocycles. The number of hydrogen-bond donors (Lipinski definition) is 4. The topological polar surface area (TPSA) is 78.8 Å². The van der Waals surface area contributed by atoms with Gasteiger partial charge in [-0.25, -0.2) is 8.78 Å². The SMILES string of the molecule is Nc1n[nH]c2cccc(-c3ccc(NC(=S)Nc4ccc(F)c(F)c4)cc3)c12. The summed E-state index contributed by atoms with van der Waals surface area (Å²) < 4.78 is 26.3. The summed E-state index contributed by atoms with van der Waals surface area (Å²) in [6.45, 7) is 0. The highest BCUT2D eigenvalue weighted by Gasteiger charge is 2.10. The molecule has 5 N–H and O–H groups in total. The number of hydrogen-bond acceptors (Lipinski definition) is 3. The van der Waals surface area contributed by atoms with Crippen molar-refractivity contribution in [1.82, 2.24) is 10.2 Å². The van der Waals surface area contributed by atoms with Crippen molar-refractivity contribution >= 4 is 45.4 Å². The summed E-state index contributed by atoms with van der Waals surface area (Å²) in [5, 5.41) is 13.9. The summed E-state index contributed by atoms with van der Waals surface area (Å²) in [6, 6.07) is 16.9. The predicted octanol–water partition coefficient (Wildman–Crippen LogP) is 4.90. The van der Waals surface area contributed by atoms with Crippen LogP contribution in [-0.4, -0.2) is 15.3 Å². The Morgan fingerprint density at radius 2 is 1.64 bits per heavy atom. The Kier molecular flexibility index (Phi) is 4.62. The fourth-order valence-corrected chi connectivity index (χ4v) is 3.17. The summed E-state index contributed by atoms with van der Waals surface area (Å²) in [5.41, 5.74) is 9.89. The molecular formula is C20H15F2N5S. The second kappa shape index (κ2) is 7.24. The van der Waals surface area contributed by atoms with E-state index in [1.54, 1.807) is 0 Å². The molecule has 0 aliphatic rings. The normalized spacial score (nSPS) is 10.8. The molecule has 1 heterocycles. The smallest absolute Gasteiger partial charge is 0.175 e. The van der Waals surface area contributed by atoms with Crippen molar-refractivity contribution in [2.75, 3.05) is 16.4 Å². The van der Waals surface area contributed by atoms with Crippen LogP contribution >= 0.6 is 12.2 Å². The Balaban J connectivity index is 1.51. The monoisotopic (exact) mass is 395 g/mol. The lowest BCUT2D eigenvalue weighted by Gasteiger charge is -2.11. The van der Waals surface area contributed by atoms with Gasteiger partial charge < -0.3 is 16.4 Å². The lowest BCUT2D eigenvalue weighted by atomic mass is 10.0. The number of nitrogens with two attached hydrogens (primary N) is 1. The molecule has 0 fully saturated rings. The van der Waals surface area contributed by atoms with Gasteiger partial charge in [0.05, 0.1) is 10.9 Å². The molecule has 4 aromatic rings. The number of aromatic amines is 1. The first-order valence-corrected chi connectivity index (χ1v) is 8.78. The van der Waals surface area contributed by atoms with Gasteiger partial charge >= 0.3 is 0 Å². The number of thiocarbonyl (C=S) groups is 1. The van der Waals surface area contributed by atoms with E-state index >= 15 is 0 Å². The van der Waals surface area contributed by atoms with Crippen LogP contribution in [0.3, 0.4) is 0 Å². The summed E-state index contributed by atoms with van der Waals surface area (Å²) in [4.78, 5) is 0. The molecule has 0 atom stereocenters. The van der Waals surface area contributed by atoms with Crippen LogP contribution in [0.4, 0.5) is 26.0 Å². The summed E-state index contributed by atoms with van der Waals surface area (Å²) in [6.07, 6.45) is 0. The van der Waals surface area contributed by atoms with E-state index in [9.17, 15) is 8.78 Å². The number of nitrogen functional groups attached to an aromatic ring is 1. The zero-order chi connectivity index (χ0) is 19.7. The molecule has 8 heteroatoms. The average Bonchev–Trinajstić information content (AvgIpc) is 3.07. The quantitative estimate of drug-likeness (QED) is 0.371. The van der Waals surface area contributed by atoms with Crippen LogP contribution in [0.5, 0.6) is 0 Å². The standard InChI is InChI=1S/C20H15F2N5S/c21-15-9-8-13(10-16(15)22)25-20(28)24-12-6-4-11(5-7-12)14-2-1-3-17-18(14)19(23)27-26-17/h1-10H,(H3,23,26,27)(H2,24,25,28). The van der Waals surface area contributed by atoms with Crippen LogP contribution in [0, 0.1) is 11.6 Å². The number of H-pyrrole nitrogens is 1. The third-order valence-electron chi connectivity index (χ3n) is 4.25. The number of benzene rings is 3. The molecule has 28 heavy (non-hydrogen) atoms. The van der Waals surface area contributed by atoms with Gasteiger partial charge in [0.25, 0.3) is 0 Å². The molecule has 4 rings (SSSR count). The van der Waals surface area contributed by atoms with Gasteiger partial charge in [0.2, 0.25) is 0 Å². The van der Waals surface area contributed by atoms with Gasteiger partial charge in [0.1, 0.15) is 0 Å². The van der Waals surface area contributed by atoms with Crippen LogP contribution in [-0.2, 0) is 0 Å². The minimum atomic E-state index is -0.940. The molecule has 0 saturated heterocycles. The third kappa shape index (κ3) is 3.49. The van der Waals surface area contributed by atoms with Crippen LogP contribution in [0.1, 0.15) is 0 Å². The van der Waals surface area contributed by atoms with Gasteiger partial charge in [-0.3, -0.25) is 5.10 Å². The van der Waals surface area contributed by atoms with Crippen molar-refractivity contribution < 1.29 is 8.78 Å². The lowest BCUT2D eigenvalue weighted by Crippen LogP contribution is -2.19. The maximum atomic E-state index is 13.3. The van der Waals surface area contributed by atoms with Gasteiger partial charge in [0.15, 0.2) is 22.6 Å². The molecule has 0 saturated carbocycles. The average molecular weight is 395 g/mol. The van der Waals surface area contributed by atoms with Gasteiger partial charge in [-0.1, -0.05) is 24.3 Å². The fraction of sp³-hybridized carbons (Fsp3) is 0. The van der Waals surface area contributed by atoms with Crippen LogP contribution in [0.2, 0.25) is 0 Å². The summed E-state index contributed by atoms with van der Waals surface area (Å²) in [7, 11) is 0. The zero-order valence-electron chi connectivity index (χ0n) is 14.5. The Hall–Kier alpha value is -3.52. The van der Waals surface area contributed by atoms with Crippen molar-refractivity contribution in [3.63, 3.8) is 0 Å². The van der Waals surface area contributed by atoms with E-state index in [1.165, 1.54) is 6.07 Å². The number of aromatic nitrogens is 2. The number of nitrogens with zero attached hydrogens (tertiary/aromatic N) is 1. The Morgan fingerprint density at radius 3 is 2.39 bits per heavy atom. The fourth-order valence-electron chi connectivity index (χ4n) is 2.94. The molecule has 5 nitrogen and oxygen atoms in total. The van der Waals surface area contributed by atoms with Gasteiger partial charge in [-0.2, -0.15) is 5.10 Å². The van der Waals surface area contributed by atoms with Crippen molar-refractivity contribution in [2.45, 2.75) is 0 Å². The Labute approximate surface area is 164 Å². The number of rotatable bonds is 3. The summed E-state index contributed by atoms with van der Waals surface area (Å²) in [5.74, 6) is -1.40. The van der Waals surface area contributed by atoms with Gasteiger partial charge in [-0.05, 0) is 53.7 Å². The minimum absolute atomic E-state index is 0.264. The third-order valence-corrected chi connectivity index (χ3v) is 4.45. The first kappa shape index (κ1) is 17.9. The van der Waals surface area contributed by atoms with Crippen molar-refractivity contribution in [1.29, 1.82) is 0 Å². The van der Waals surface area contributed by atoms with E-state index in [1.807, 2.05) is 42.5 Å². The number of halogens is 2. The molecule has 0 unspecified atom stereocenters. The molecule has 0 aliphatic carbocycles. The number of anilines is 3. The van der Waals surface area contributed by atoms with Crippen molar-refractivity contribution in [2.24, 2.45) is 0 Å². The maximum absolute atomic E-state index is 13.3. The van der Waals surface area contributed by atoms with E-state index in [0.717, 1.165) is 39.8 Å². The first-order valence-electron chi connectivity index (χ1n) is 8.37. The molecule has 3 aromatic carbocycles. The van der Waals surface area contributed by atoms with Crippen LogP contribution in [0.15, 0.2) is 60.7 Å². The second-order valence-corrected chi connectivity index (χ2v) is 6.53. The van der Waals surface area contributed by atoms with E-state index in [0.29, 0.717) is 11.5 Å². The van der Waals surface area contributed by atoms with Crippen molar-refractivity contribution in [3.8, 4) is 11.1 Å². The minimum Gasteiger partial charge on any atom is -0.382 e. The number of nitrogens with one attached hydrogen (secondary N) is 3. The highest BCUT2D eigenvalue weighted by atomic mass is 32.1. The maximum Gasteiger partial charge on any atom is 0.175 e. The number of fused-ring (bicyclic) bond motifs is 1. The van der Waals surface area contributed by atoms with E-state index < -0.39 is 11.6 Å². The van der Waals surface area contributed by atoms with E-state index in [-0.39, 0.29) is 5.11 Å². The molecule has 140 valence electrons. The largest absolute Gasteiger partial charge is 0.382 e. The Bertz CT molecular complexity index is 1170. The van der Waals surface area contributed by atoms with Crippen molar-refractivity contribution in [3.05, 3.63) is 72.3 Å². The Morgan fingerprint density at radius 1 is 0.929 bits per heavy atom. The van der Waals surface area contributed by atoms with Crippen LogP contribution in [0.25, 0.3) is 22.0 Å². The highest BCUT2D eigenvalue weighted by Crippen LogP contribution is 2.31. The molecule has 0 radical (unpaired) electrons. The summed E-state index contributed by atoms with van der Waals surface area (Å²) >= 11 is 5.22.